The zero-order chi connectivity index (χ0) is 21.6. The normalized spacial score (nSPS) is 15.1. The topological polar surface area (TPSA) is 108 Å². The van der Waals surface area contributed by atoms with Gasteiger partial charge in [-0.25, -0.2) is 13.2 Å². The van der Waals surface area contributed by atoms with E-state index in [1.54, 1.807) is 0 Å². The number of ether oxygens (including phenoxy) is 1. The number of carbonyl (C=O) groups excluding carboxylic acids is 1. The fraction of sp³-hybridized carbons (Fsp3) is 0.533. The smallest absolute Gasteiger partial charge is 0.430 e. The van der Waals surface area contributed by atoms with Gasteiger partial charge in [-0.15, -0.1) is 0 Å². The first-order valence-corrected chi connectivity index (χ1v) is 11.2. The van der Waals surface area contributed by atoms with Crippen LogP contribution in [0.25, 0.3) is 0 Å². The third-order valence-electron chi connectivity index (χ3n) is 3.33. The molecule has 1 unspecified atom stereocenters. The Kier molecular flexibility index (Phi) is 8.21. The molecule has 0 fully saturated rings. The summed E-state index contributed by atoms with van der Waals surface area (Å²) in [5, 5.41) is -4.29. The predicted octanol–water partition coefficient (Wildman–Crippen LogP) is 3.05. The van der Waals surface area contributed by atoms with Crippen LogP contribution in [0.4, 0.5) is 13.2 Å². The number of halogens is 3. The molecule has 160 valence electrons. The Bertz CT molecular complexity index is 807. The molecule has 1 rings (SSSR count). The first kappa shape index (κ1) is 24.6. The number of carbonyl (C=O) groups is 1. The summed E-state index contributed by atoms with van der Waals surface area (Å²) in [6.07, 6.45) is -5.72. The molecule has 0 radical (unpaired) electrons. The van der Waals surface area contributed by atoms with Crippen molar-refractivity contribution in [1.82, 2.24) is 4.72 Å². The molecule has 0 aromatic heterocycles. The van der Waals surface area contributed by atoms with Gasteiger partial charge in [-0.05, 0) is 32.9 Å². The van der Waals surface area contributed by atoms with Crippen molar-refractivity contribution in [3.8, 4) is 0 Å². The summed E-state index contributed by atoms with van der Waals surface area (Å²) in [7, 11) is -10.5. The van der Waals surface area contributed by atoms with E-state index in [0.29, 0.717) is 0 Å². The van der Waals surface area contributed by atoms with Crippen LogP contribution < -0.4 is 4.72 Å². The van der Waals surface area contributed by atoms with Gasteiger partial charge < -0.3 is 13.8 Å². The van der Waals surface area contributed by atoms with E-state index >= 15 is 0 Å². The van der Waals surface area contributed by atoms with Crippen LogP contribution >= 0.6 is 7.60 Å². The van der Waals surface area contributed by atoms with Gasteiger partial charge in [0.25, 0.3) is 0 Å². The van der Waals surface area contributed by atoms with Crippen LogP contribution in [0.15, 0.2) is 35.2 Å². The molecule has 28 heavy (non-hydrogen) atoms. The Labute approximate surface area is 160 Å². The summed E-state index contributed by atoms with van der Waals surface area (Å²) < 4.78 is 95.9. The number of sulfonamides is 1. The van der Waals surface area contributed by atoms with E-state index in [1.165, 1.54) is 43.7 Å². The average Bonchev–Trinajstić information content (AvgIpc) is 2.60. The van der Waals surface area contributed by atoms with Gasteiger partial charge in [0.15, 0.2) is 0 Å². The van der Waals surface area contributed by atoms with Gasteiger partial charge in [-0.2, -0.15) is 17.9 Å². The van der Waals surface area contributed by atoms with Gasteiger partial charge in [0.05, 0.1) is 24.7 Å². The summed E-state index contributed by atoms with van der Waals surface area (Å²) in [6.45, 7) is 1.98. The molecular weight excluding hydrogens is 426 g/mol. The lowest BCUT2D eigenvalue weighted by Gasteiger charge is -2.37. The lowest BCUT2D eigenvalue weighted by atomic mass is 10.3. The molecule has 1 aromatic rings. The number of hydrogen-bond donors (Lipinski definition) is 1. The standard InChI is InChI=1S/C15H21F3NO7PS/c1-4-24-13(20)14(15(16,17)18,27(21,25-5-2)26-6-3)19-28(22,23)12-10-8-7-9-11-12/h7-11,19H,4-6H2,1-3H3. The highest BCUT2D eigenvalue weighted by Crippen LogP contribution is 2.65. The first-order chi connectivity index (χ1) is 12.9. The van der Waals surface area contributed by atoms with Gasteiger partial charge in [-0.3, -0.25) is 4.57 Å². The highest BCUT2D eigenvalue weighted by molar-refractivity contribution is 7.90. The van der Waals surface area contributed by atoms with Crippen molar-refractivity contribution >= 4 is 23.6 Å². The summed E-state index contributed by atoms with van der Waals surface area (Å²) in [4.78, 5) is 11.8. The number of esters is 1. The van der Waals surface area contributed by atoms with Crippen molar-refractivity contribution in [1.29, 1.82) is 0 Å². The van der Waals surface area contributed by atoms with Crippen molar-refractivity contribution in [3.05, 3.63) is 30.3 Å². The quantitative estimate of drug-likeness (QED) is 0.434. The van der Waals surface area contributed by atoms with E-state index in [1.807, 2.05) is 0 Å². The fourth-order valence-corrected chi connectivity index (χ4v) is 5.97. The predicted molar refractivity (Wildman–Crippen MR) is 93.0 cm³/mol. The second kappa shape index (κ2) is 9.36. The summed E-state index contributed by atoms with van der Waals surface area (Å²) in [5.74, 6) is -2.15. The third kappa shape index (κ3) is 4.74. The maximum absolute atomic E-state index is 14.2. The van der Waals surface area contributed by atoms with Gasteiger partial charge in [-0.1, -0.05) is 18.2 Å². The largest absolute Gasteiger partial charge is 0.464 e. The molecule has 0 heterocycles. The van der Waals surface area contributed by atoms with E-state index in [4.69, 9.17) is 9.05 Å². The van der Waals surface area contributed by atoms with Crippen LogP contribution in [0.5, 0.6) is 0 Å². The molecule has 1 N–H and O–H groups in total. The highest BCUT2D eigenvalue weighted by atomic mass is 32.2. The Morgan fingerprint density at radius 2 is 1.54 bits per heavy atom. The van der Waals surface area contributed by atoms with Gasteiger partial charge in [0, 0.05) is 0 Å². The molecule has 13 heteroatoms. The van der Waals surface area contributed by atoms with Crippen LogP contribution in [-0.2, 0) is 33.2 Å². The van der Waals surface area contributed by atoms with E-state index in [2.05, 4.69) is 4.74 Å². The Balaban J connectivity index is 3.79. The van der Waals surface area contributed by atoms with Gasteiger partial charge in [0.2, 0.25) is 10.0 Å². The second-order valence-electron chi connectivity index (χ2n) is 5.18. The maximum atomic E-state index is 14.2. The monoisotopic (exact) mass is 447 g/mol. The van der Waals surface area contributed by atoms with Crippen molar-refractivity contribution in [2.75, 3.05) is 19.8 Å². The minimum absolute atomic E-state index is 0.540. The second-order valence-corrected chi connectivity index (χ2v) is 9.04. The maximum Gasteiger partial charge on any atom is 0.430 e. The van der Waals surface area contributed by atoms with E-state index in [0.717, 1.165) is 12.1 Å². The summed E-state index contributed by atoms with van der Waals surface area (Å²) in [5.41, 5.74) is 0. The van der Waals surface area contributed by atoms with Crippen LogP contribution in [-0.4, -0.2) is 45.7 Å². The number of rotatable bonds is 10. The molecule has 0 aliphatic carbocycles. The van der Waals surface area contributed by atoms with Crippen LogP contribution in [0.3, 0.4) is 0 Å². The van der Waals surface area contributed by atoms with Crippen molar-refractivity contribution in [2.24, 2.45) is 0 Å². The molecule has 0 spiro atoms. The molecule has 0 bridgehead atoms. The minimum atomic E-state index is -5.72. The average molecular weight is 447 g/mol. The van der Waals surface area contributed by atoms with Crippen molar-refractivity contribution in [3.63, 3.8) is 0 Å². The number of hydrogen-bond acceptors (Lipinski definition) is 7. The molecule has 0 aliphatic heterocycles. The lowest BCUT2D eigenvalue weighted by molar-refractivity contribution is -0.194. The Morgan fingerprint density at radius 1 is 1.04 bits per heavy atom. The van der Waals surface area contributed by atoms with Gasteiger partial charge >= 0.3 is 25.0 Å². The molecule has 1 atom stereocenters. The SMILES string of the molecule is CCOC(=O)C(NS(=O)(=O)c1ccccc1)(C(F)(F)F)P(=O)(OCC)OCC. The van der Waals surface area contributed by atoms with Crippen molar-refractivity contribution in [2.45, 2.75) is 37.1 Å². The molecule has 0 amide bonds. The molecule has 0 aliphatic rings. The highest BCUT2D eigenvalue weighted by Gasteiger charge is 2.76. The number of nitrogens with one attached hydrogen (secondary N) is 1. The van der Waals surface area contributed by atoms with Crippen LogP contribution in [0, 0.1) is 0 Å². The molecule has 0 saturated heterocycles. The number of alkyl halides is 3. The molecule has 0 saturated carbocycles. The molecular formula is C15H21F3NO7PS. The Morgan fingerprint density at radius 3 is 1.93 bits per heavy atom. The zero-order valence-corrected chi connectivity index (χ0v) is 17.1. The van der Waals surface area contributed by atoms with E-state index < -0.39 is 59.8 Å². The fourth-order valence-electron chi connectivity index (χ4n) is 2.20. The zero-order valence-electron chi connectivity index (χ0n) is 15.4. The number of benzene rings is 1. The van der Waals surface area contributed by atoms with Crippen LogP contribution in [0.2, 0.25) is 0 Å². The van der Waals surface area contributed by atoms with Gasteiger partial charge in [0.1, 0.15) is 0 Å². The summed E-state index contributed by atoms with van der Waals surface area (Å²) in [6, 6.07) is 5.96. The van der Waals surface area contributed by atoms with E-state index in [9.17, 15) is 30.9 Å². The Hall–Kier alpha value is -1.46. The molecule has 1 aromatic carbocycles. The first-order valence-electron chi connectivity index (χ1n) is 8.14. The minimum Gasteiger partial charge on any atom is -0.464 e. The van der Waals surface area contributed by atoms with Crippen LogP contribution in [0.1, 0.15) is 20.8 Å². The van der Waals surface area contributed by atoms with E-state index in [-0.39, 0.29) is 0 Å². The summed E-state index contributed by atoms with van der Waals surface area (Å²) >= 11 is 0. The molecule has 8 nitrogen and oxygen atoms in total. The lowest BCUT2D eigenvalue weighted by Crippen LogP contribution is -2.64. The van der Waals surface area contributed by atoms with Crippen molar-refractivity contribution < 1.29 is 44.7 Å². The third-order valence-corrected chi connectivity index (χ3v) is 7.51.